The number of halogens is 2. The van der Waals surface area contributed by atoms with Gasteiger partial charge in [-0.15, -0.1) is 5.47 Å². The van der Waals surface area contributed by atoms with Crippen LogP contribution in [0.4, 0.5) is 0 Å². The highest BCUT2D eigenvalue weighted by atomic mass is 35.5. The van der Waals surface area contributed by atoms with E-state index in [0.717, 1.165) is 11.3 Å². The molecule has 1 aromatic rings. The summed E-state index contributed by atoms with van der Waals surface area (Å²) in [6.45, 7) is 2.03. The van der Waals surface area contributed by atoms with Crippen LogP contribution in [-0.4, -0.2) is 7.85 Å². The number of hydrogen-bond acceptors (Lipinski definition) is 1. The normalized spacial score (nSPS) is 12.9. The van der Waals surface area contributed by atoms with Crippen molar-refractivity contribution in [2.75, 3.05) is 0 Å². The molecule has 0 bridgehead atoms. The van der Waals surface area contributed by atoms with E-state index in [9.17, 15) is 0 Å². The Labute approximate surface area is 107 Å². The quantitative estimate of drug-likeness (QED) is 0.651. The van der Waals surface area contributed by atoms with Gasteiger partial charge < -0.3 is 5.73 Å². The minimum Gasteiger partial charge on any atom is -0.402 e. The van der Waals surface area contributed by atoms with Crippen molar-refractivity contribution < 1.29 is 0 Å². The Morgan fingerprint density at radius 3 is 2.56 bits per heavy atom. The lowest BCUT2D eigenvalue weighted by atomic mass is 9.97. The van der Waals surface area contributed by atoms with E-state index in [2.05, 4.69) is 0 Å². The lowest BCUT2D eigenvalue weighted by Crippen LogP contribution is -2.00. The zero-order chi connectivity index (χ0) is 12.1. The van der Waals surface area contributed by atoms with Crippen molar-refractivity contribution in [3.05, 3.63) is 57.1 Å². The molecule has 1 nitrogen and oxygen atoms in total. The average Bonchev–Trinajstić information content (AvgIpc) is 2.21. The van der Waals surface area contributed by atoms with Crippen LogP contribution < -0.4 is 5.73 Å². The van der Waals surface area contributed by atoms with Crippen LogP contribution in [0.1, 0.15) is 12.5 Å². The van der Waals surface area contributed by atoms with Crippen LogP contribution in [0.15, 0.2) is 41.5 Å². The minimum absolute atomic E-state index is 0.564. The molecule has 0 amide bonds. The highest BCUT2D eigenvalue weighted by Crippen LogP contribution is 2.23. The predicted molar refractivity (Wildman–Crippen MR) is 74.7 cm³/mol. The smallest absolute Gasteiger partial charge is 0.133 e. The average molecular weight is 254 g/mol. The van der Waals surface area contributed by atoms with Crippen molar-refractivity contribution in [1.82, 2.24) is 0 Å². The molecule has 4 heteroatoms. The second kappa shape index (κ2) is 6.02. The summed E-state index contributed by atoms with van der Waals surface area (Å²) in [6, 6.07) is 5.55. The Morgan fingerprint density at radius 1 is 1.31 bits per heavy atom. The van der Waals surface area contributed by atoms with Crippen molar-refractivity contribution in [3.8, 4) is 0 Å². The maximum absolute atomic E-state index is 5.92. The largest absolute Gasteiger partial charge is 0.402 e. The lowest BCUT2D eigenvalue weighted by Gasteiger charge is -2.03. The molecule has 0 saturated heterocycles. The van der Waals surface area contributed by atoms with E-state index in [1.165, 1.54) is 5.47 Å². The summed E-state index contributed by atoms with van der Waals surface area (Å²) >= 11 is 11.8. The third-order valence-corrected chi connectivity index (χ3v) is 2.76. The molecule has 0 aromatic heterocycles. The molecule has 0 aliphatic heterocycles. The molecule has 0 heterocycles. The number of rotatable bonds is 3. The van der Waals surface area contributed by atoms with Crippen molar-refractivity contribution >= 4 is 31.0 Å². The highest BCUT2D eigenvalue weighted by molar-refractivity contribution is 6.42. The van der Waals surface area contributed by atoms with Crippen molar-refractivity contribution in [2.24, 2.45) is 5.73 Å². The molecule has 0 atom stereocenters. The number of allylic oxidation sites excluding steroid dienone is 4. The molecule has 0 aliphatic carbocycles. The first kappa shape index (κ1) is 13.2. The van der Waals surface area contributed by atoms with Gasteiger partial charge in [0.1, 0.15) is 7.85 Å². The van der Waals surface area contributed by atoms with E-state index in [4.69, 9.17) is 28.9 Å². The third-order valence-electron chi connectivity index (χ3n) is 2.02. The Balaban J connectivity index is 2.77. The van der Waals surface area contributed by atoms with Crippen molar-refractivity contribution in [2.45, 2.75) is 13.3 Å². The molecule has 0 spiro atoms. The van der Waals surface area contributed by atoms with Crippen LogP contribution in [0.2, 0.25) is 10.0 Å². The molecule has 16 heavy (non-hydrogen) atoms. The van der Waals surface area contributed by atoms with Gasteiger partial charge in [-0.2, -0.15) is 0 Å². The molecule has 0 aliphatic rings. The summed E-state index contributed by atoms with van der Waals surface area (Å²) in [7, 11) is 2.03. The Bertz CT molecular complexity index is 435. The fraction of sp³-hybridized carbons (Fsp3) is 0.167. The van der Waals surface area contributed by atoms with Crippen molar-refractivity contribution in [1.29, 1.82) is 0 Å². The second-order valence-corrected chi connectivity index (χ2v) is 4.73. The maximum Gasteiger partial charge on any atom is 0.133 e. The van der Waals surface area contributed by atoms with Gasteiger partial charge in [0.05, 0.1) is 10.0 Å². The first-order valence-corrected chi connectivity index (χ1v) is 5.78. The summed E-state index contributed by atoms with van der Waals surface area (Å²) < 4.78 is 0. The maximum atomic E-state index is 5.92. The van der Waals surface area contributed by atoms with Crippen LogP contribution in [0.3, 0.4) is 0 Å². The monoisotopic (exact) mass is 253 g/mol. The molecule has 84 valence electrons. The SMILES string of the molecule is B/C(C)=C/C=C(\N)Cc1ccc(Cl)c(Cl)c1. The van der Waals surface area contributed by atoms with Crippen LogP contribution >= 0.6 is 23.2 Å². The zero-order valence-corrected chi connectivity index (χ0v) is 10.9. The van der Waals surface area contributed by atoms with Gasteiger partial charge in [0.15, 0.2) is 0 Å². The van der Waals surface area contributed by atoms with Gasteiger partial charge in [0.2, 0.25) is 0 Å². The minimum atomic E-state index is 0.564. The number of nitrogens with two attached hydrogens (primary N) is 1. The number of benzene rings is 1. The van der Waals surface area contributed by atoms with E-state index in [-0.39, 0.29) is 0 Å². The van der Waals surface area contributed by atoms with Crippen LogP contribution in [0, 0.1) is 0 Å². The Morgan fingerprint density at radius 2 is 2.00 bits per heavy atom. The Kier molecular flexibility index (Phi) is 4.97. The van der Waals surface area contributed by atoms with Gasteiger partial charge in [0, 0.05) is 12.1 Å². The molecule has 0 unspecified atom stereocenters. The summed E-state index contributed by atoms with van der Waals surface area (Å²) in [5, 5.41) is 1.13. The highest BCUT2D eigenvalue weighted by Gasteiger charge is 2.00. The summed E-state index contributed by atoms with van der Waals surface area (Å²) in [5.74, 6) is 0. The van der Waals surface area contributed by atoms with E-state index < -0.39 is 0 Å². The van der Waals surface area contributed by atoms with Gasteiger partial charge in [-0.25, -0.2) is 0 Å². The van der Waals surface area contributed by atoms with Crippen molar-refractivity contribution in [3.63, 3.8) is 0 Å². The fourth-order valence-electron chi connectivity index (χ4n) is 1.22. The van der Waals surface area contributed by atoms with Gasteiger partial charge in [0.25, 0.3) is 0 Å². The standard InChI is InChI=1S/C12H14BCl2N/c1-8(13)2-4-10(16)6-9-3-5-11(14)12(15)7-9/h2-5,7H,6,13,16H2,1H3/b8-2+,10-4-. The molecule has 2 N–H and O–H groups in total. The van der Waals surface area contributed by atoms with Crippen LogP contribution in [0.5, 0.6) is 0 Å². The molecule has 1 aromatic carbocycles. The fourth-order valence-corrected chi connectivity index (χ4v) is 1.54. The summed E-state index contributed by atoms with van der Waals surface area (Å²) in [5.41, 5.74) is 8.97. The molecule has 0 saturated carbocycles. The van der Waals surface area contributed by atoms with E-state index >= 15 is 0 Å². The number of hydrogen-bond donors (Lipinski definition) is 1. The second-order valence-electron chi connectivity index (χ2n) is 3.91. The van der Waals surface area contributed by atoms with Crippen LogP contribution in [-0.2, 0) is 6.42 Å². The topological polar surface area (TPSA) is 26.0 Å². The third kappa shape index (κ3) is 4.34. The molecule has 0 radical (unpaired) electrons. The molecular weight excluding hydrogens is 240 g/mol. The van der Waals surface area contributed by atoms with Crippen LogP contribution in [0.25, 0.3) is 0 Å². The zero-order valence-electron chi connectivity index (χ0n) is 9.43. The summed E-state index contributed by atoms with van der Waals surface area (Å²) in [6.07, 6.45) is 4.59. The van der Waals surface area contributed by atoms with E-state index in [1.807, 2.05) is 39.1 Å². The molecule has 1 rings (SSSR count). The van der Waals surface area contributed by atoms with E-state index in [0.29, 0.717) is 16.5 Å². The summed E-state index contributed by atoms with van der Waals surface area (Å²) in [4.78, 5) is 0. The van der Waals surface area contributed by atoms with Gasteiger partial charge in [-0.3, -0.25) is 0 Å². The lowest BCUT2D eigenvalue weighted by molar-refractivity contribution is 1.11. The van der Waals surface area contributed by atoms with Gasteiger partial charge >= 0.3 is 0 Å². The van der Waals surface area contributed by atoms with Gasteiger partial charge in [-0.05, 0) is 23.8 Å². The van der Waals surface area contributed by atoms with E-state index in [1.54, 1.807) is 6.07 Å². The molecule has 0 fully saturated rings. The Hall–Kier alpha value is -0.855. The first-order valence-electron chi connectivity index (χ1n) is 5.02. The predicted octanol–water partition coefficient (Wildman–Crippen LogP) is 2.92. The first-order chi connectivity index (χ1) is 7.49. The van der Waals surface area contributed by atoms with Gasteiger partial charge in [-0.1, -0.05) is 42.3 Å². The molecular formula is C12H14BCl2N.